The van der Waals surface area contributed by atoms with E-state index in [-0.39, 0.29) is 19.4 Å². The lowest BCUT2D eigenvalue weighted by atomic mass is 9.98. The highest BCUT2D eigenvalue weighted by Gasteiger charge is 2.47. The van der Waals surface area contributed by atoms with Crippen LogP contribution in [0.2, 0.25) is 0 Å². The van der Waals surface area contributed by atoms with E-state index in [2.05, 4.69) is 50.3 Å². The Kier molecular flexibility index (Phi) is 41.9. The Balaban J connectivity index is 1.74. The second kappa shape index (κ2) is 45.7. The van der Waals surface area contributed by atoms with Gasteiger partial charge in [-0.1, -0.05) is 192 Å². The zero-order valence-electron chi connectivity index (χ0n) is 46.1. The van der Waals surface area contributed by atoms with Gasteiger partial charge in [0.25, 0.3) is 0 Å². The molecule has 2 aliphatic rings. The Bertz CT molecular complexity index is 1430. The van der Waals surface area contributed by atoms with Crippen LogP contribution in [0.15, 0.2) is 36.5 Å². The molecule has 0 bridgehead atoms. The monoisotopic (exact) mass is 1050 g/mol. The molecule has 2 saturated heterocycles. The first-order chi connectivity index (χ1) is 36.0. The molecule has 2 fully saturated rings. The third-order valence-corrected chi connectivity index (χ3v) is 14.1. The first-order valence-corrected chi connectivity index (χ1v) is 29.6. The number of allylic oxidation sites excluding steroid dienone is 6. The molecule has 0 radical (unpaired) electrons. The van der Waals surface area contributed by atoms with Gasteiger partial charge in [0.05, 0.1) is 19.8 Å². The zero-order valence-corrected chi connectivity index (χ0v) is 46.1. The Morgan fingerprint density at radius 2 is 0.824 bits per heavy atom. The molecule has 432 valence electrons. The van der Waals surface area contributed by atoms with Crippen LogP contribution in [0.3, 0.4) is 0 Å². The minimum Gasteiger partial charge on any atom is -0.462 e. The number of unbranched alkanes of at least 4 members (excludes halogenated alkanes) is 27. The van der Waals surface area contributed by atoms with E-state index in [0.717, 1.165) is 64.2 Å². The number of ether oxygens (including phenoxy) is 6. The largest absolute Gasteiger partial charge is 0.462 e. The standard InChI is InChI=1S/C59H106O15/c1-3-5-7-9-11-13-15-17-19-20-21-22-23-24-25-26-28-29-31-33-35-37-39-41-50(61)69-44-47(72-51(62)42-40-38-36-34-32-30-27-18-16-14-12-10-8-6-4-2)45-70-58-57(68)55(66)53(64)49(74-58)46-71-59-56(67)54(65)52(63)48(43-60)73-59/h12,14,18,27,33,35,47-49,52-60,63-68H,3-11,13,15-17,19-26,28-32,34,36-46H2,1-2H3/b14-12+,27-18+,35-33+/t47-,48+,49+,52-,53-,54?,55?,56?,57?,58+,59+/m0/s1. The number of esters is 2. The van der Waals surface area contributed by atoms with Crippen molar-refractivity contribution in [2.24, 2.45) is 0 Å². The number of hydrogen-bond acceptors (Lipinski definition) is 15. The lowest BCUT2D eigenvalue weighted by molar-refractivity contribution is -0.332. The van der Waals surface area contributed by atoms with E-state index in [1.165, 1.54) is 128 Å². The van der Waals surface area contributed by atoms with E-state index >= 15 is 0 Å². The summed E-state index contributed by atoms with van der Waals surface area (Å²) in [5.41, 5.74) is 0. The van der Waals surface area contributed by atoms with E-state index < -0.39 is 99.3 Å². The van der Waals surface area contributed by atoms with E-state index in [4.69, 9.17) is 28.4 Å². The van der Waals surface area contributed by atoms with Gasteiger partial charge >= 0.3 is 11.9 Å². The SMILES string of the molecule is CCCCC/C=C/C/C=C/CCCCCCCC(=O)O[C@@H](COC(=O)CCC/C=C/CCCCCCCCCCCCCCCCCCCC)CO[C@@H]1O[C@H](CO[C@@H]2O[C@H](CO)[C@H](O)C(O)C2O)[C@H](O)C(O)C1O. The van der Waals surface area contributed by atoms with Gasteiger partial charge in [-0.15, -0.1) is 0 Å². The van der Waals surface area contributed by atoms with Crippen molar-refractivity contribution in [3.8, 4) is 0 Å². The second-order valence-corrected chi connectivity index (χ2v) is 20.8. The van der Waals surface area contributed by atoms with Crippen LogP contribution in [0.25, 0.3) is 0 Å². The fourth-order valence-corrected chi connectivity index (χ4v) is 9.25. The lowest BCUT2D eigenvalue weighted by Crippen LogP contribution is -2.61. The molecule has 2 aliphatic heterocycles. The van der Waals surface area contributed by atoms with Crippen LogP contribution in [0.1, 0.15) is 232 Å². The van der Waals surface area contributed by atoms with Crippen LogP contribution in [0.5, 0.6) is 0 Å². The van der Waals surface area contributed by atoms with Crippen LogP contribution in [0.4, 0.5) is 0 Å². The number of aliphatic hydroxyl groups excluding tert-OH is 7. The average molecular weight is 1060 g/mol. The summed E-state index contributed by atoms with van der Waals surface area (Å²) in [7, 11) is 0. The van der Waals surface area contributed by atoms with Crippen molar-refractivity contribution >= 4 is 11.9 Å². The molecular formula is C59H106O15. The van der Waals surface area contributed by atoms with Crippen LogP contribution < -0.4 is 0 Å². The minimum atomic E-state index is -1.77. The molecule has 4 unspecified atom stereocenters. The van der Waals surface area contributed by atoms with Gasteiger partial charge in [-0.05, 0) is 64.2 Å². The van der Waals surface area contributed by atoms with Crippen molar-refractivity contribution in [2.75, 3.05) is 26.4 Å². The Hall–Kier alpha value is -2.28. The lowest BCUT2D eigenvalue weighted by Gasteiger charge is -2.42. The maximum absolute atomic E-state index is 13.0. The zero-order chi connectivity index (χ0) is 53.9. The summed E-state index contributed by atoms with van der Waals surface area (Å²) in [5, 5.41) is 72.2. The van der Waals surface area contributed by atoms with Crippen LogP contribution in [-0.2, 0) is 38.0 Å². The van der Waals surface area contributed by atoms with Crippen molar-refractivity contribution < 1.29 is 73.8 Å². The maximum atomic E-state index is 13.0. The van der Waals surface area contributed by atoms with E-state index in [1.807, 2.05) is 0 Å². The predicted molar refractivity (Wildman–Crippen MR) is 289 cm³/mol. The van der Waals surface area contributed by atoms with Gasteiger partial charge in [-0.2, -0.15) is 0 Å². The number of aliphatic hydroxyl groups is 7. The molecule has 15 heteroatoms. The minimum absolute atomic E-state index is 0.144. The Morgan fingerprint density at radius 1 is 0.432 bits per heavy atom. The molecule has 0 saturated carbocycles. The molecule has 74 heavy (non-hydrogen) atoms. The van der Waals surface area contributed by atoms with E-state index in [1.54, 1.807) is 0 Å². The summed E-state index contributed by atoms with van der Waals surface area (Å²) in [6.07, 6.45) is 34.7. The summed E-state index contributed by atoms with van der Waals surface area (Å²) >= 11 is 0. The first-order valence-electron chi connectivity index (χ1n) is 29.6. The molecule has 11 atom stereocenters. The van der Waals surface area contributed by atoms with Crippen molar-refractivity contribution in [3.63, 3.8) is 0 Å². The molecule has 7 N–H and O–H groups in total. The number of carbonyl (C=O) groups is 2. The third kappa shape index (κ3) is 32.5. The summed E-state index contributed by atoms with van der Waals surface area (Å²) in [5.74, 6) is -0.971. The predicted octanol–water partition coefficient (Wildman–Crippen LogP) is 10.1. The fraction of sp³-hybridized carbons (Fsp3) is 0.864. The maximum Gasteiger partial charge on any atom is 0.306 e. The Morgan fingerprint density at radius 3 is 1.34 bits per heavy atom. The van der Waals surface area contributed by atoms with Gasteiger partial charge < -0.3 is 64.2 Å². The molecule has 0 aliphatic carbocycles. The van der Waals surface area contributed by atoms with Crippen molar-refractivity contribution in [3.05, 3.63) is 36.5 Å². The molecule has 0 spiro atoms. The normalized spacial score (nSPS) is 24.9. The molecule has 2 rings (SSSR count). The topological polar surface area (TPSA) is 231 Å². The van der Waals surface area contributed by atoms with Gasteiger partial charge in [0.15, 0.2) is 18.7 Å². The van der Waals surface area contributed by atoms with E-state index in [0.29, 0.717) is 12.8 Å². The quantitative estimate of drug-likeness (QED) is 0.0171. The van der Waals surface area contributed by atoms with Gasteiger partial charge in [0.2, 0.25) is 0 Å². The van der Waals surface area contributed by atoms with Gasteiger partial charge in [-0.3, -0.25) is 9.59 Å². The van der Waals surface area contributed by atoms with Crippen molar-refractivity contribution in [1.29, 1.82) is 0 Å². The molecule has 2 heterocycles. The second-order valence-electron chi connectivity index (χ2n) is 20.8. The van der Waals surface area contributed by atoms with Gasteiger partial charge in [0, 0.05) is 12.8 Å². The van der Waals surface area contributed by atoms with Crippen LogP contribution >= 0.6 is 0 Å². The molecule has 0 aromatic rings. The number of hydrogen-bond donors (Lipinski definition) is 7. The van der Waals surface area contributed by atoms with Crippen molar-refractivity contribution in [2.45, 2.75) is 300 Å². The Labute approximate surface area is 446 Å². The highest BCUT2D eigenvalue weighted by molar-refractivity contribution is 5.70. The molecule has 0 aromatic carbocycles. The van der Waals surface area contributed by atoms with E-state index in [9.17, 15) is 45.3 Å². The van der Waals surface area contributed by atoms with Crippen molar-refractivity contribution in [1.82, 2.24) is 0 Å². The number of rotatable bonds is 47. The fourth-order valence-electron chi connectivity index (χ4n) is 9.25. The number of carbonyl (C=O) groups excluding carboxylic acids is 2. The molecule has 0 amide bonds. The highest BCUT2D eigenvalue weighted by atomic mass is 16.7. The van der Waals surface area contributed by atoms with Gasteiger partial charge in [0.1, 0.15) is 55.4 Å². The third-order valence-electron chi connectivity index (χ3n) is 14.1. The van der Waals surface area contributed by atoms with Crippen LogP contribution in [0, 0.1) is 0 Å². The molecular weight excluding hydrogens is 949 g/mol. The first kappa shape index (κ1) is 67.8. The molecule has 15 nitrogen and oxygen atoms in total. The highest BCUT2D eigenvalue weighted by Crippen LogP contribution is 2.27. The summed E-state index contributed by atoms with van der Waals surface area (Å²) in [4.78, 5) is 25.9. The average Bonchev–Trinajstić information content (AvgIpc) is 3.39. The smallest absolute Gasteiger partial charge is 0.306 e. The van der Waals surface area contributed by atoms with Gasteiger partial charge in [-0.25, -0.2) is 0 Å². The summed E-state index contributed by atoms with van der Waals surface area (Å²) < 4.78 is 33.6. The summed E-state index contributed by atoms with van der Waals surface area (Å²) in [6, 6.07) is 0. The molecule has 0 aromatic heterocycles. The summed E-state index contributed by atoms with van der Waals surface area (Å²) in [6.45, 7) is 2.56. The van der Waals surface area contributed by atoms with Crippen LogP contribution in [-0.4, -0.2) is 142 Å².